The maximum absolute atomic E-state index is 11.0. The van der Waals surface area contributed by atoms with Gasteiger partial charge in [0.05, 0.1) is 12.2 Å². The Bertz CT molecular complexity index is 570. The zero-order valence-corrected chi connectivity index (χ0v) is 10.6. The largest absolute Gasteiger partial charge is 0.393 e. The molecule has 1 heterocycles. The van der Waals surface area contributed by atoms with E-state index in [1.807, 2.05) is 6.08 Å². The van der Waals surface area contributed by atoms with Crippen molar-refractivity contribution in [2.45, 2.75) is 37.2 Å². The van der Waals surface area contributed by atoms with Crippen LogP contribution in [0.1, 0.15) is 29.5 Å². The Morgan fingerprint density at radius 2 is 2.10 bits per heavy atom. The molecular formula is C12H16N4O4. The molecule has 0 saturated heterocycles. The van der Waals surface area contributed by atoms with Crippen LogP contribution in [0.5, 0.6) is 0 Å². The highest BCUT2D eigenvalue weighted by Gasteiger charge is 2.48. The van der Waals surface area contributed by atoms with Crippen molar-refractivity contribution in [1.82, 2.24) is 14.8 Å². The van der Waals surface area contributed by atoms with E-state index in [0.717, 1.165) is 5.57 Å². The lowest BCUT2D eigenvalue weighted by molar-refractivity contribution is -0.00480. The smallest absolute Gasteiger partial charge is 0.288 e. The van der Waals surface area contributed by atoms with Crippen LogP contribution in [0.3, 0.4) is 0 Å². The van der Waals surface area contributed by atoms with E-state index in [0.29, 0.717) is 12.8 Å². The minimum absolute atomic E-state index is 0.133. The van der Waals surface area contributed by atoms with Gasteiger partial charge in [0.2, 0.25) is 5.82 Å². The van der Waals surface area contributed by atoms with Gasteiger partial charge < -0.3 is 21.1 Å². The van der Waals surface area contributed by atoms with Gasteiger partial charge in [0.15, 0.2) is 0 Å². The van der Waals surface area contributed by atoms with E-state index in [1.54, 1.807) is 0 Å². The number of amides is 1. The molecule has 3 rings (SSSR count). The molecule has 1 amide bonds. The van der Waals surface area contributed by atoms with Crippen molar-refractivity contribution in [2.24, 2.45) is 11.7 Å². The van der Waals surface area contributed by atoms with Crippen molar-refractivity contribution in [3.63, 3.8) is 0 Å². The lowest BCUT2D eigenvalue weighted by Crippen LogP contribution is -2.31. The van der Waals surface area contributed by atoms with Crippen LogP contribution in [0.2, 0.25) is 0 Å². The summed E-state index contributed by atoms with van der Waals surface area (Å²) in [6.45, 7) is 0. The van der Waals surface area contributed by atoms with Gasteiger partial charge in [-0.25, -0.2) is 9.67 Å². The SMILES string of the molecule is NC(=O)c1ncn([C@@H]2C3=CC[C@@H](O)C[C@@H]3[C@@H](O)[C@H]2O)n1. The molecule has 0 bridgehead atoms. The first-order valence-electron chi connectivity index (χ1n) is 6.44. The predicted octanol–water partition coefficient (Wildman–Crippen LogP) is -1.65. The number of aromatic nitrogens is 3. The van der Waals surface area contributed by atoms with Crippen molar-refractivity contribution in [3.8, 4) is 0 Å². The summed E-state index contributed by atoms with van der Waals surface area (Å²) in [5, 5.41) is 33.9. The number of aliphatic hydroxyl groups is 3. The van der Waals surface area contributed by atoms with E-state index in [9.17, 15) is 20.1 Å². The van der Waals surface area contributed by atoms with E-state index < -0.39 is 30.3 Å². The molecule has 20 heavy (non-hydrogen) atoms. The van der Waals surface area contributed by atoms with Crippen molar-refractivity contribution in [1.29, 1.82) is 0 Å². The van der Waals surface area contributed by atoms with E-state index in [-0.39, 0.29) is 11.7 Å². The first-order valence-corrected chi connectivity index (χ1v) is 6.44. The number of carbonyl (C=O) groups is 1. The highest BCUT2D eigenvalue weighted by atomic mass is 16.3. The Morgan fingerprint density at radius 3 is 2.75 bits per heavy atom. The fourth-order valence-corrected chi connectivity index (χ4v) is 3.08. The van der Waals surface area contributed by atoms with Crippen molar-refractivity contribution < 1.29 is 20.1 Å². The van der Waals surface area contributed by atoms with E-state index >= 15 is 0 Å². The highest BCUT2D eigenvalue weighted by Crippen LogP contribution is 2.45. The van der Waals surface area contributed by atoms with Gasteiger partial charge in [-0.15, -0.1) is 5.10 Å². The van der Waals surface area contributed by atoms with Gasteiger partial charge >= 0.3 is 0 Å². The third-order valence-electron chi connectivity index (χ3n) is 4.02. The third kappa shape index (κ3) is 1.92. The zero-order valence-electron chi connectivity index (χ0n) is 10.6. The monoisotopic (exact) mass is 280 g/mol. The Kier molecular flexibility index (Phi) is 3.08. The van der Waals surface area contributed by atoms with Gasteiger partial charge in [0.1, 0.15) is 18.5 Å². The fraction of sp³-hybridized carbons (Fsp3) is 0.583. The Labute approximate surface area is 114 Å². The van der Waals surface area contributed by atoms with Crippen LogP contribution < -0.4 is 5.73 Å². The second kappa shape index (κ2) is 4.65. The fourth-order valence-electron chi connectivity index (χ4n) is 3.08. The molecule has 1 aromatic rings. The normalized spacial score (nSPS) is 36.5. The molecule has 8 heteroatoms. The average Bonchev–Trinajstić information content (AvgIpc) is 2.96. The molecule has 0 unspecified atom stereocenters. The molecule has 1 aromatic heterocycles. The first kappa shape index (κ1) is 13.2. The number of primary amides is 1. The summed E-state index contributed by atoms with van der Waals surface area (Å²) in [6.07, 6.45) is 1.46. The van der Waals surface area contributed by atoms with Gasteiger partial charge in [-0.1, -0.05) is 6.08 Å². The van der Waals surface area contributed by atoms with Crippen LogP contribution in [0.15, 0.2) is 18.0 Å². The van der Waals surface area contributed by atoms with E-state index in [1.165, 1.54) is 11.0 Å². The van der Waals surface area contributed by atoms with Crippen LogP contribution in [0.4, 0.5) is 0 Å². The van der Waals surface area contributed by atoms with Crippen LogP contribution in [0, 0.1) is 5.92 Å². The molecule has 8 nitrogen and oxygen atoms in total. The van der Waals surface area contributed by atoms with Gasteiger partial charge in [-0.2, -0.15) is 0 Å². The molecule has 1 saturated carbocycles. The van der Waals surface area contributed by atoms with Crippen molar-refractivity contribution >= 4 is 5.91 Å². The number of hydrogen-bond acceptors (Lipinski definition) is 6. The third-order valence-corrected chi connectivity index (χ3v) is 4.02. The second-order valence-electron chi connectivity index (χ2n) is 5.27. The molecule has 2 aliphatic carbocycles. The number of hydrogen-bond donors (Lipinski definition) is 4. The summed E-state index contributed by atoms with van der Waals surface area (Å²) in [5.74, 6) is -1.19. The molecule has 0 radical (unpaired) electrons. The summed E-state index contributed by atoms with van der Waals surface area (Å²) >= 11 is 0. The van der Waals surface area contributed by atoms with E-state index in [4.69, 9.17) is 5.73 Å². The zero-order chi connectivity index (χ0) is 14.4. The van der Waals surface area contributed by atoms with Crippen molar-refractivity contribution in [3.05, 3.63) is 23.8 Å². The van der Waals surface area contributed by atoms with Crippen LogP contribution in [-0.4, -0.2) is 54.3 Å². The molecule has 0 aromatic carbocycles. The molecule has 5 atom stereocenters. The number of nitrogens with zero attached hydrogens (tertiary/aromatic N) is 3. The minimum atomic E-state index is -1.06. The molecule has 0 aliphatic heterocycles. The standard InChI is InChI=1S/C12H16N4O4/c13-11(20)12-14-4-16(15-12)8-6-2-1-5(17)3-7(6)9(18)10(8)19/h2,4-5,7-10,17-19H,1,3H2,(H2,13,20)/t5-,7+,8-,9-,10+/m1/s1. The van der Waals surface area contributed by atoms with Crippen molar-refractivity contribution in [2.75, 3.05) is 0 Å². The number of rotatable bonds is 2. The number of nitrogens with two attached hydrogens (primary N) is 1. The maximum atomic E-state index is 11.0. The summed E-state index contributed by atoms with van der Waals surface area (Å²) in [6, 6.07) is -0.580. The second-order valence-corrected chi connectivity index (χ2v) is 5.27. The van der Waals surface area contributed by atoms with Gasteiger partial charge in [0.25, 0.3) is 5.91 Å². The first-order chi connectivity index (χ1) is 9.49. The lowest BCUT2D eigenvalue weighted by Gasteiger charge is -2.25. The topological polar surface area (TPSA) is 134 Å². The predicted molar refractivity (Wildman–Crippen MR) is 66.4 cm³/mol. The van der Waals surface area contributed by atoms with Gasteiger partial charge in [-0.05, 0) is 18.4 Å². The Morgan fingerprint density at radius 1 is 1.35 bits per heavy atom. The van der Waals surface area contributed by atoms with Crippen LogP contribution in [0.25, 0.3) is 0 Å². The minimum Gasteiger partial charge on any atom is -0.393 e. The Balaban J connectivity index is 1.97. The summed E-state index contributed by atoms with van der Waals surface area (Å²) in [7, 11) is 0. The molecule has 0 spiro atoms. The highest BCUT2D eigenvalue weighted by molar-refractivity contribution is 5.88. The number of aliphatic hydroxyl groups excluding tert-OH is 3. The summed E-state index contributed by atoms with van der Waals surface area (Å²) < 4.78 is 1.34. The maximum Gasteiger partial charge on any atom is 0.288 e. The Hall–Kier alpha value is -1.77. The summed E-state index contributed by atoms with van der Waals surface area (Å²) in [5.41, 5.74) is 5.92. The number of fused-ring (bicyclic) bond motifs is 1. The van der Waals surface area contributed by atoms with Crippen LogP contribution in [-0.2, 0) is 0 Å². The van der Waals surface area contributed by atoms with Crippen LogP contribution >= 0.6 is 0 Å². The average molecular weight is 280 g/mol. The molecule has 1 fully saturated rings. The quantitative estimate of drug-likeness (QED) is 0.479. The van der Waals surface area contributed by atoms with Gasteiger partial charge in [0, 0.05) is 5.92 Å². The molecule has 5 N–H and O–H groups in total. The van der Waals surface area contributed by atoms with E-state index in [2.05, 4.69) is 10.1 Å². The summed E-state index contributed by atoms with van der Waals surface area (Å²) in [4.78, 5) is 14.8. The number of carbonyl (C=O) groups excluding carboxylic acids is 1. The molecule has 108 valence electrons. The van der Waals surface area contributed by atoms with Gasteiger partial charge in [-0.3, -0.25) is 4.79 Å². The lowest BCUT2D eigenvalue weighted by atomic mass is 9.86. The molecule has 2 aliphatic rings. The molecular weight excluding hydrogens is 264 g/mol.